The van der Waals surface area contributed by atoms with E-state index in [0.29, 0.717) is 0 Å². The summed E-state index contributed by atoms with van der Waals surface area (Å²) in [7, 11) is -3.50. The van der Waals surface area contributed by atoms with Crippen molar-refractivity contribution in [1.82, 2.24) is 0 Å². The highest BCUT2D eigenvalue weighted by Gasteiger charge is 2.12. The predicted octanol–water partition coefficient (Wildman–Crippen LogP) is 1.80. The van der Waals surface area contributed by atoms with Crippen LogP contribution in [0.3, 0.4) is 0 Å². The Kier molecular flexibility index (Phi) is 2.69. The summed E-state index contributed by atoms with van der Waals surface area (Å²) < 4.78 is 34.6. The minimum atomic E-state index is -3.50. The van der Waals surface area contributed by atoms with Crippen molar-refractivity contribution in [2.45, 2.75) is 4.90 Å². The topological polar surface area (TPSA) is 34.1 Å². The van der Waals surface area contributed by atoms with Crippen LogP contribution in [0.1, 0.15) is 0 Å². The molecule has 0 radical (unpaired) electrons. The number of alkyl halides is 1. The normalized spacial score (nSPS) is 11.5. The van der Waals surface area contributed by atoms with E-state index in [9.17, 15) is 12.8 Å². The zero-order valence-corrected chi connectivity index (χ0v) is 7.57. The van der Waals surface area contributed by atoms with Gasteiger partial charge in [0.25, 0.3) is 0 Å². The van der Waals surface area contributed by atoms with Crippen molar-refractivity contribution in [2.75, 3.05) is 5.21 Å². The van der Waals surface area contributed by atoms with E-state index in [-0.39, 0.29) is 4.90 Å². The Bertz CT molecular complexity index is 375. The van der Waals surface area contributed by atoms with E-state index in [1.807, 2.05) is 0 Å². The van der Waals surface area contributed by atoms with E-state index in [2.05, 4.69) is 0 Å². The summed E-state index contributed by atoms with van der Waals surface area (Å²) >= 11 is 5.17. The smallest absolute Gasteiger partial charge is 0.192 e. The van der Waals surface area contributed by atoms with E-state index in [0.717, 1.165) is 6.07 Å². The Hall–Kier alpha value is -0.610. The van der Waals surface area contributed by atoms with Crippen molar-refractivity contribution in [3.8, 4) is 0 Å². The van der Waals surface area contributed by atoms with Gasteiger partial charge in [-0.3, -0.25) is 0 Å². The maximum atomic E-state index is 12.5. The maximum Gasteiger partial charge on any atom is 0.192 e. The number of hydrogen-bond donors (Lipinski definition) is 0. The van der Waals surface area contributed by atoms with E-state index in [1.54, 1.807) is 0 Å². The molecule has 1 aromatic carbocycles. The summed E-state index contributed by atoms with van der Waals surface area (Å²) in [5.74, 6) is -0.582. The highest BCUT2D eigenvalue weighted by Crippen LogP contribution is 2.12. The third-order valence-corrected chi connectivity index (χ3v) is 3.42. The van der Waals surface area contributed by atoms with Crippen molar-refractivity contribution >= 4 is 21.4 Å². The molecule has 0 aliphatic heterocycles. The van der Waals surface area contributed by atoms with Crippen LogP contribution in [0.4, 0.5) is 4.39 Å². The molecule has 0 aliphatic rings. The summed E-state index contributed by atoms with van der Waals surface area (Å²) in [6.45, 7) is 0. The molecule has 2 nitrogen and oxygen atoms in total. The van der Waals surface area contributed by atoms with Crippen molar-refractivity contribution in [1.29, 1.82) is 0 Å². The second-order valence-electron chi connectivity index (χ2n) is 2.18. The first kappa shape index (κ1) is 9.48. The fourth-order valence-corrected chi connectivity index (χ4v) is 1.81. The van der Waals surface area contributed by atoms with Crippen LogP contribution in [0.2, 0.25) is 0 Å². The number of benzene rings is 1. The second-order valence-corrected chi connectivity index (χ2v) is 4.76. The molecule has 1 rings (SSSR count). The molecule has 0 N–H and O–H groups in total. The first-order valence-corrected chi connectivity index (χ1v) is 5.29. The van der Waals surface area contributed by atoms with Crippen LogP contribution in [0.25, 0.3) is 0 Å². The quantitative estimate of drug-likeness (QED) is 0.695. The maximum absolute atomic E-state index is 12.5. The molecule has 0 amide bonds. The summed E-state index contributed by atoms with van der Waals surface area (Å²) in [5.41, 5.74) is 0. The monoisotopic (exact) mass is 208 g/mol. The van der Waals surface area contributed by atoms with Gasteiger partial charge >= 0.3 is 0 Å². The molecular weight excluding hydrogens is 203 g/mol. The van der Waals surface area contributed by atoms with E-state index in [1.165, 1.54) is 18.2 Å². The van der Waals surface area contributed by atoms with Gasteiger partial charge in [0, 0.05) is 0 Å². The fourth-order valence-electron chi connectivity index (χ4n) is 0.723. The lowest BCUT2D eigenvalue weighted by molar-refractivity contribution is 0.594. The van der Waals surface area contributed by atoms with E-state index >= 15 is 0 Å². The third kappa shape index (κ3) is 1.95. The molecule has 66 valence electrons. The van der Waals surface area contributed by atoms with Gasteiger partial charge in [-0.2, -0.15) is 0 Å². The van der Waals surface area contributed by atoms with Gasteiger partial charge in [-0.1, -0.05) is 6.07 Å². The average molecular weight is 209 g/mol. The molecule has 12 heavy (non-hydrogen) atoms. The van der Waals surface area contributed by atoms with E-state index in [4.69, 9.17) is 11.6 Å². The lowest BCUT2D eigenvalue weighted by Gasteiger charge is -1.98. The Balaban J connectivity index is 3.21. The third-order valence-electron chi connectivity index (χ3n) is 1.30. The van der Waals surface area contributed by atoms with Gasteiger partial charge in [0.2, 0.25) is 0 Å². The molecule has 0 atom stereocenters. The lowest BCUT2D eigenvalue weighted by Crippen LogP contribution is -2.01. The SMILES string of the molecule is O=S(=O)(CCl)c1cccc(F)c1. The molecule has 0 aromatic heterocycles. The molecule has 0 spiro atoms. The Morgan fingerprint density at radius 1 is 1.42 bits per heavy atom. The van der Waals surface area contributed by atoms with Crippen molar-refractivity contribution < 1.29 is 12.8 Å². The number of rotatable bonds is 2. The van der Waals surface area contributed by atoms with Gasteiger partial charge in [-0.05, 0) is 18.2 Å². The molecule has 0 aliphatic carbocycles. The molecule has 5 heteroatoms. The van der Waals surface area contributed by atoms with Crippen LogP contribution in [-0.4, -0.2) is 13.6 Å². The zero-order chi connectivity index (χ0) is 9.19. The van der Waals surface area contributed by atoms with Crippen LogP contribution in [0.15, 0.2) is 29.2 Å². The highest BCUT2D eigenvalue weighted by atomic mass is 35.5. The minimum Gasteiger partial charge on any atom is -0.222 e. The molecule has 0 saturated heterocycles. The first-order chi connectivity index (χ1) is 5.56. The molecule has 0 fully saturated rings. The van der Waals surface area contributed by atoms with Gasteiger partial charge in [-0.25, -0.2) is 12.8 Å². The fraction of sp³-hybridized carbons (Fsp3) is 0.143. The largest absolute Gasteiger partial charge is 0.222 e. The zero-order valence-electron chi connectivity index (χ0n) is 6.00. The molecule has 0 bridgehead atoms. The Morgan fingerprint density at radius 2 is 2.08 bits per heavy atom. The summed E-state index contributed by atoms with van der Waals surface area (Å²) in [6.07, 6.45) is 0. The molecule has 0 saturated carbocycles. The predicted molar refractivity (Wildman–Crippen MR) is 44.3 cm³/mol. The van der Waals surface area contributed by atoms with Crippen LogP contribution < -0.4 is 0 Å². The molecule has 1 aromatic rings. The number of halogens is 2. The standard InChI is InChI=1S/C7H6ClFO2S/c8-5-12(10,11)7-3-1-2-6(9)4-7/h1-4H,5H2. The van der Waals surface area contributed by atoms with Gasteiger partial charge in [-0.15, -0.1) is 11.6 Å². The van der Waals surface area contributed by atoms with E-state index < -0.39 is 20.9 Å². The average Bonchev–Trinajstić information content (AvgIpc) is 2.05. The van der Waals surface area contributed by atoms with Crippen molar-refractivity contribution in [3.05, 3.63) is 30.1 Å². The molecular formula is C7H6ClFO2S. The van der Waals surface area contributed by atoms with Crippen molar-refractivity contribution in [2.24, 2.45) is 0 Å². The highest BCUT2D eigenvalue weighted by molar-refractivity contribution is 7.92. The van der Waals surface area contributed by atoms with Crippen LogP contribution in [0.5, 0.6) is 0 Å². The van der Waals surface area contributed by atoms with Crippen LogP contribution in [0, 0.1) is 5.82 Å². The first-order valence-electron chi connectivity index (χ1n) is 3.10. The minimum absolute atomic E-state index is 0.0856. The van der Waals surface area contributed by atoms with Crippen LogP contribution in [-0.2, 0) is 9.84 Å². The number of hydrogen-bond acceptors (Lipinski definition) is 2. The molecule has 0 unspecified atom stereocenters. The van der Waals surface area contributed by atoms with Gasteiger partial charge in [0.05, 0.1) is 4.90 Å². The summed E-state index contributed by atoms with van der Waals surface area (Å²) in [5, 5.41) is -0.531. The second kappa shape index (κ2) is 3.41. The lowest BCUT2D eigenvalue weighted by atomic mass is 10.4. The molecule has 0 heterocycles. The summed E-state index contributed by atoms with van der Waals surface area (Å²) in [6, 6.07) is 4.75. The van der Waals surface area contributed by atoms with Gasteiger partial charge in [0.15, 0.2) is 9.84 Å². The summed E-state index contributed by atoms with van der Waals surface area (Å²) in [4.78, 5) is -0.0856. The van der Waals surface area contributed by atoms with Crippen molar-refractivity contribution in [3.63, 3.8) is 0 Å². The Labute approximate surface area is 74.9 Å². The van der Waals surface area contributed by atoms with Gasteiger partial charge in [0.1, 0.15) is 11.0 Å². The van der Waals surface area contributed by atoms with Gasteiger partial charge < -0.3 is 0 Å². The number of sulfone groups is 1. The Morgan fingerprint density at radius 3 is 2.58 bits per heavy atom. The van der Waals surface area contributed by atoms with Crippen LogP contribution >= 0.6 is 11.6 Å².